The highest BCUT2D eigenvalue weighted by Gasteiger charge is 2.24. The molecule has 20 heavy (non-hydrogen) atoms. The molecular formula is C17H29N3. The Bertz CT molecular complexity index is 444. The number of pyridine rings is 1. The first-order chi connectivity index (χ1) is 9.51. The van der Waals surface area contributed by atoms with Crippen LogP contribution in [-0.2, 0) is 6.42 Å². The Balaban J connectivity index is 2.13. The van der Waals surface area contributed by atoms with E-state index in [0.717, 1.165) is 25.3 Å². The molecule has 3 nitrogen and oxygen atoms in total. The van der Waals surface area contributed by atoms with Gasteiger partial charge in [-0.15, -0.1) is 0 Å². The van der Waals surface area contributed by atoms with Gasteiger partial charge in [0.2, 0.25) is 0 Å². The van der Waals surface area contributed by atoms with Gasteiger partial charge in [0.25, 0.3) is 0 Å². The minimum atomic E-state index is 0.247. The Kier molecular flexibility index (Phi) is 5.03. The highest BCUT2D eigenvalue weighted by molar-refractivity contribution is 5.48. The molecule has 3 atom stereocenters. The minimum Gasteiger partial charge on any atom is -0.354 e. The maximum Gasteiger partial charge on any atom is 0.131 e. The lowest BCUT2D eigenvalue weighted by Crippen LogP contribution is -2.41. The maximum atomic E-state index is 6.04. The van der Waals surface area contributed by atoms with Crippen LogP contribution >= 0.6 is 0 Å². The molecule has 0 spiro atoms. The Morgan fingerprint density at radius 2 is 2.20 bits per heavy atom. The Morgan fingerprint density at radius 1 is 1.45 bits per heavy atom. The highest BCUT2D eigenvalue weighted by atomic mass is 15.2. The average Bonchev–Trinajstić information content (AvgIpc) is 2.40. The second-order valence-electron chi connectivity index (χ2n) is 6.53. The van der Waals surface area contributed by atoms with E-state index in [2.05, 4.69) is 38.7 Å². The molecule has 0 bridgehead atoms. The fourth-order valence-electron chi connectivity index (χ4n) is 3.21. The number of hydrogen-bond acceptors (Lipinski definition) is 3. The molecule has 0 saturated carbocycles. The van der Waals surface area contributed by atoms with Gasteiger partial charge >= 0.3 is 0 Å². The van der Waals surface area contributed by atoms with Gasteiger partial charge in [-0.3, -0.25) is 0 Å². The highest BCUT2D eigenvalue weighted by Crippen LogP contribution is 2.28. The molecule has 2 heterocycles. The second-order valence-corrected chi connectivity index (χ2v) is 6.53. The predicted molar refractivity (Wildman–Crippen MR) is 86.2 cm³/mol. The van der Waals surface area contributed by atoms with Crippen molar-refractivity contribution in [3.8, 4) is 0 Å². The van der Waals surface area contributed by atoms with Gasteiger partial charge in [-0.25, -0.2) is 4.98 Å². The van der Waals surface area contributed by atoms with E-state index in [9.17, 15) is 0 Å². The van der Waals surface area contributed by atoms with E-state index in [1.807, 2.05) is 6.20 Å². The molecular weight excluding hydrogens is 246 g/mol. The standard InChI is InChI=1S/C17H29N3/c1-5-16(18)10-15-9-13(3)17(19-11-15)20-7-6-12(2)8-14(20)4/h9,11-12,14,16H,5-8,10,18H2,1-4H3. The van der Waals surface area contributed by atoms with Crippen LogP contribution in [0.1, 0.15) is 51.2 Å². The number of rotatable bonds is 4. The van der Waals surface area contributed by atoms with Crippen molar-refractivity contribution in [1.82, 2.24) is 4.98 Å². The number of aromatic nitrogens is 1. The predicted octanol–water partition coefficient (Wildman–Crippen LogP) is 3.29. The zero-order chi connectivity index (χ0) is 14.7. The summed E-state index contributed by atoms with van der Waals surface area (Å²) in [7, 11) is 0. The molecule has 112 valence electrons. The summed E-state index contributed by atoms with van der Waals surface area (Å²) in [6.45, 7) is 10.1. The topological polar surface area (TPSA) is 42.1 Å². The van der Waals surface area contributed by atoms with Crippen molar-refractivity contribution in [2.24, 2.45) is 11.7 Å². The summed E-state index contributed by atoms with van der Waals surface area (Å²) in [5.41, 5.74) is 8.58. The van der Waals surface area contributed by atoms with Gasteiger partial charge in [0.1, 0.15) is 5.82 Å². The Hall–Kier alpha value is -1.09. The summed E-state index contributed by atoms with van der Waals surface area (Å²) < 4.78 is 0. The number of aryl methyl sites for hydroxylation is 1. The van der Waals surface area contributed by atoms with Crippen LogP contribution in [0.2, 0.25) is 0 Å². The molecule has 1 aliphatic rings. The normalized spacial score (nSPS) is 24.8. The van der Waals surface area contributed by atoms with E-state index in [1.165, 1.54) is 29.8 Å². The third-order valence-corrected chi connectivity index (χ3v) is 4.54. The molecule has 1 aliphatic heterocycles. The molecule has 0 aromatic carbocycles. The fraction of sp³-hybridized carbons (Fsp3) is 0.706. The van der Waals surface area contributed by atoms with Crippen LogP contribution in [0.3, 0.4) is 0 Å². The van der Waals surface area contributed by atoms with Crippen molar-refractivity contribution >= 4 is 5.82 Å². The smallest absolute Gasteiger partial charge is 0.131 e. The van der Waals surface area contributed by atoms with E-state index in [0.29, 0.717) is 6.04 Å². The SMILES string of the molecule is CCC(N)Cc1cnc(N2CCC(C)CC2C)c(C)c1. The van der Waals surface area contributed by atoms with Crippen molar-refractivity contribution in [1.29, 1.82) is 0 Å². The van der Waals surface area contributed by atoms with Crippen LogP contribution < -0.4 is 10.6 Å². The van der Waals surface area contributed by atoms with Gasteiger partial charge in [0.15, 0.2) is 0 Å². The lowest BCUT2D eigenvalue weighted by Gasteiger charge is -2.38. The largest absolute Gasteiger partial charge is 0.354 e. The summed E-state index contributed by atoms with van der Waals surface area (Å²) >= 11 is 0. The van der Waals surface area contributed by atoms with Crippen molar-refractivity contribution < 1.29 is 0 Å². The fourth-order valence-corrected chi connectivity index (χ4v) is 3.21. The monoisotopic (exact) mass is 275 g/mol. The first kappa shape index (κ1) is 15.3. The third kappa shape index (κ3) is 3.51. The quantitative estimate of drug-likeness (QED) is 0.917. The van der Waals surface area contributed by atoms with Gasteiger partial charge in [0.05, 0.1) is 0 Å². The molecule has 0 aliphatic carbocycles. The van der Waals surface area contributed by atoms with E-state index in [1.54, 1.807) is 0 Å². The van der Waals surface area contributed by atoms with Crippen molar-refractivity contribution in [2.45, 2.75) is 65.5 Å². The summed E-state index contributed by atoms with van der Waals surface area (Å²) in [5, 5.41) is 0. The van der Waals surface area contributed by atoms with Crippen LogP contribution in [0.5, 0.6) is 0 Å². The lowest BCUT2D eigenvalue weighted by molar-refractivity contribution is 0.375. The summed E-state index contributed by atoms with van der Waals surface area (Å²) in [6.07, 6.45) is 6.50. The molecule has 2 rings (SSSR count). The van der Waals surface area contributed by atoms with E-state index < -0.39 is 0 Å². The number of piperidine rings is 1. The van der Waals surface area contributed by atoms with Crippen LogP contribution in [-0.4, -0.2) is 23.6 Å². The molecule has 3 heteroatoms. The summed E-state index contributed by atoms with van der Waals surface area (Å²) in [5.74, 6) is 2.00. The molecule has 1 aromatic heterocycles. The number of anilines is 1. The molecule has 3 unspecified atom stereocenters. The zero-order valence-corrected chi connectivity index (χ0v) is 13.4. The molecule has 2 N–H and O–H groups in total. The molecule has 1 saturated heterocycles. The van der Waals surface area contributed by atoms with Crippen molar-refractivity contribution in [3.63, 3.8) is 0 Å². The second kappa shape index (κ2) is 6.57. The molecule has 0 amide bonds. The molecule has 1 aromatic rings. The van der Waals surface area contributed by atoms with Gasteiger partial charge in [-0.05, 0) is 56.6 Å². The van der Waals surface area contributed by atoms with Crippen LogP contribution in [0.15, 0.2) is 12.3 Å². The van der Waals surface area contributed by atoms with Crippen LogP contribution in [0, 0.1) is 12.8 Å². The molecule has 1 fully saturated rings. The van der Waals surface area contributed by atoms with Crippen molar-refractivity contribution in [3.05, 3.63) is 23.4 Å². The van der Waals surface area contributed by atoms with Gasteiger partial charge in [-0.2, -0.15) is 0 Å². The first-order valence-electron chi connectivity index (χ1n) is 7.99. The first-order valence-corrected chi connectivity index (χ1v) is 7.99. The van der Waals surface area contributed by atoms with Gasteiger partial charge < -0.3 is 10.6 Å². The average molecular weight is 275 g/mol. The maximum absolute atomic E-state index is 6.04. The number of nitrogens with two attached hydrogens (primary N) is 1. The van der Waals surface area contributed by atoms with Crippen molar-refractivity contribution in [2.75, 3.05) is 11.4 Å². The lowest BCUT2D eigenvalue weighted by atomic mass is 9.93. The number of nitrogens with zero attached hydrogens (tertiary/aromatic N) is 2. The zero-order valence-electron chi connectivity index (χ0n) is 13.4. The van der Waals surface area contributed by atoms with Gasteiger partial charge in [-0.1, -0.05) is 19.9 Å². The number of hydrogen-bond donors (Lipinski definition) is 1. The van der Waals surface area contributed by atoms with Crippen LogP contribution in [0.25, 0.3) is 0 Å². The van der Waals surface area contributed by atoms with Gasteiger partial charge in [0, 0.05) is 24.8 Å². The van der Waals surface area contributed by atoms with E-state index in [4.69, 9.17) is 10.7 Å². The van der Waals surface area contributed by atoms with E-state index in [-0.39, 0.29) is 6.04 Å². The summed E-state index contributed by atoms with van der Waals surface area (Å²) in [6, 6.07) is 3.10. The minimum absolute atomic E-state index is 0.247. The molecule has 0 radical (unpaired) electrons. The van der Waals surface area contributed by atoms with E-state index >= 15 is 0 Å². The third-order valence-electron chi connectivity index (χ3n) is 4.54. The van der Waals surface area contributed by atoms with Crippen LogP contribution in [0.4, 0.5) is 5.82 Å². The Morgan fingerprint density at radius 3 is 2.80 bits per heavy atom. The Labute approximate surface area is 123 Å². The summed E-state index contributed by atoms with van der Waals surface area (Å²) in [4.78, 5) is 7.21.